The van der Waals surface area contributed by atoms with E-state index in [9.17, 15) is 14.9 Å². The third-order valence-electron chi connectivity index (χ3n) is 6.31. The van der Waals surface area contributed by atoms with Gasteiger partial charge < -0.3 is 19.9 Å². The molecule has 0 spiro atoms. The van der Waals surface area contributed by atoms with Crippen LogP contribution in [0, 0.1) is 11.3 Å². The average Bonchev–Trinajstić information content (AvgIpc) is 2.72. The molecule has 2 fully saturated rings. The minimum Gasteiger partial charge on any atom is -0.378 e. The number of carbonyl (C=O) groups is 2. The number of rotatable bonds is 4. The number of hydrogen-bond acceptors (Lipinski definition) is 7. The molecule has 0 aromatic carbocycles. The second kappa shape index (κ2) is 7.78. The largest absolute Gasteiger partial charge is 0.378 e. The number of fused-ring (bicyclic) bond motifs is 1. The van der Waals surface area contributed by atoms with Crippen LogP contribution in [-0.2, 0) is 14.3 Å². The van der Waals surface area contributed by atoms with Crippen LogP contribution in [0.15, 0.2) is 32.9 Å². The number of likely N-dealkylation sites (tertiary alicyclic amines) is 2. The van der Waals surface area contributed by atoms with E-state index < -0.39 is 11.9 Å². The van der Waals surface area contributed by atoms with Crippen molar-refractivity contribution in [1.82, 2.24) is 15.1 Å². The van der Waals surface area contributed by atoms with Gasteiger partial charge in [-0.1, -0.05) is 0 Å². The van der Waals surface area contributed by atoms with E-state index in [0.29, 0.717) is 30.1 Å². The molecule has 0 bridgehead atoms. The number of nitriles is 1. The first-order valence-electron chi connectivity index (χ1n) is 10.2. The highest BCUT2D eigenvalue weighted by Crippen LogP contribution is 2.33. The molecule has 30 heavy (non-hydrogen) atoms. The number of aliphatic imine (C=N–C) groups is 2. The Morgan fingerprint density at radius 2 is 2.07 bits per heavy atom. The van der Waals surface area contributed by atoms with Crippen molar-refractivity contribution in [2.75, 3.05) is 40.3 Å². The number of carbonyl (C=O) groups excluding carboxylic acids is 2. The Labute approximate surface area is 175 Å². The highest BCUT2D eigenvalue weighted by molar-refractivity contribution is 6.44. The lowest BCUT2D eigenvalue weighted by Gasteiger charge is -2.42. The Bertz CT molecular complexity index is 927. The molecule has 4 heterocycles. The van der Waals surface area contributed by atoms with Crippen molar-refractivity contribution in [3.8, 4) is 6.07 Å². The van der Waals surface area contributed by atoms with Gasteiger partial charge in [0.15, 0.2) is 0 Å². The summed E-state index contributed by atoms with van der Waals surface area (Å²) in [7, 11) is 3.70. The molecule has 0 aliphatic carbocycles. The fourth-order valence-electron chi connectivity index (χ4n) is 4.25. The van der Waals surface area contributed by atoms with E-state index in [0.717, 1.165) is 25.9 Å². The van der Waals surface area contributed by atoms with Crippen LogP contribution in [0.2, 0.25) is 0 Å². The van der Waals surface area contributed by atoms with Crippen LogP contribution in [0.5, 0.6) is 0 Å². The Balaban J connectivity index is 1.60. The Morgan fingerprint density at radius 3 is 2.67 bits per heavy atom. The molecule has 9 nitrogen and oxygen atoms in total. The van der Waals surface area contributed by atoms with Gasteiger partial charge in [0.1, 0.15) is 17.7 Å². The van der Waals surface area contributed by atoms with Crippen molar-refractivity contribution in [3.63, 3.8) is 0 Å². The molecule has 9 heteroatoms. The molecule has 0 aromatic heterocycles. The van der Waals surface area contributed by atoms with Crippen molar-refractivity contribution < 1.29 is 14.3 Å². The van der Waals surface area contributed by atoms with E-state index in [4.69, 9.17) is 4.74 Å². The van der Waals surface area contributed by atoms with E-state index in [1.165, 1.54) is 6.21 Å². The van der Waals surface area contributed by atoms with Gasteiger partial charge in [0.2, 0.25) is 5.91 Å². The summed E-state index contributed by atoms with van der Waals surface area (Å²) in [6.45, 7) is 4.98. The quantitative estimate of drug-likeness (QED) is 0.702. The Morgan fingerprint density at radius 1 is 1.37 bits per heavy atom. The maximum Gasteiger partial charge on any atom is 0.290 e. The van der Waals surface area contributed by atoms with E-state index in [1.54, 1.807) is 13.2 Å². The zero-order chi connectivity index (χ0) is 21.5. The van der Waals surface area contributed by atoms with E-state index >= 15 is 0 Å². The minimum atomic E-state index is -0.706. The fourth-order valence-corrected chi connectivity index (χ4v) is 4.25. The van der Waals surface area contributed by atoms with Crippen LogP contribution in [-0.4, -0.2) is 91.6 Å². The van der Waals surface area contributed by atoms with Crippen molar-refractivity contribution in [2.24, 2.45) is 9.98 Å². The lowest BCUT2D eigenvalue weighted by Crippen LogP contribution is -2.58. The smallest absolute Gasteiger partial charge is 0.290 e. The lowest BCUT2D eigenvalue weighted by molar-refractivity contribution is -0.123. The third kappa shape index (κ3) is 3.68. The third-order valence-corrected chi connectivity index (χ3v) is 6.31. The second-order valence-corrected chi connectivity index (χ2v) is 8.51. The van der Waals surface area contributed by atoms with E-state index in [-0.39, 0.29) is 23.1 Å². The van der Waals surface area contributed by atoms with Gasteiger partial charge in [-0.05, 0) is 32.9 Å². The summed E-state index contributed by atoms with van der Waals surface area (Å²) >= 11 is 0. The van der Waals surface area contributed by atoms with Gasteiger partial charge in [0.25, 0.3) is 5.91 Å². The predicted octanol–water partition coefficient (Wildman–Crippen LogP) is 0.0558. The number of methoxy groups -OCH3 is 1. The molecule has 1 unspecified atom stereocenters. The lowest BCUT2D eigenvalue weighted by atomic mass is 9.89. The summed E-state index contributed by atoms with van der Waals surface area (Å²) in [5.74, 6) is -0.747. The summed E-state index contributed by atoms with van der Waals surface area (Å²) in [5, 5.41) is 12.7. The summed E-state index contributed by atoms with van der Waals surface area (Å²) < 4.78 is 5.61. The van der Waals surface area contributed by atoms with Gasteiger partial charge in [-0.25, -0.2) is 4.99 Å². The van der Waals surface area contributed by atoms with Crippen molar-refractivity contribution >= 4 is 23.7 Å². The number of ether oxygens (including phenoxy) is 1. The molecule has 0 saturated carbocycles. The minimum absolute atomic E-state index is 0.0149. The van der Waals surface area contributed by atoms with Gasteiger partial charge in [-0.15, -0.1) is 0 Å². The maximum absolute atomic E-state index is 12.7. The van der Waals surface area contributed by atoms with Crippen molar-refractivity contribution in [2.45, 2.75) is 37.5 Å². The van der Waals surface area contributed by atoms with Crippen LogP contribution in [0.25, 0.3) is 0 Å². The Hall–Kier alpha value is -2.83. The summed E-state index contributed by atoms with van der Waals surface area (Å²) in [5.41, 5.74) is 1.38. The van der Waals surface area contributed by atoms with Crippen molar-refractivity contribution in [1.29, 1.82) is 5.26 Å². The number of nitrogens with zero attached hydrogens (tertiary/aromatic N) is 5. The zero-order valence-corrected chi connectivity index (χ0v) is 17.5. The number of hydrogen-bond donors (Lipinski definition) is 1. The number of amides is 2. The molecule has 1 N–H and O–H groups in total. The first kappa shape index (κ1) is 20.4. The summed E-state index contributed by atoms with van der Waals surface area (Å²) in [6, 6.07) is 1.44. The second-order valence-electron chi connectivity index (χ2n) is 8.51. The van der Waals surface area contributed by atoms with Crippen molar-refractivity contribution in [3.05, 3.63) is 22.9 Å². The molecule has 4 aliphatic heterocycles. The van der Waals surface area contributed by atoms with Crippen LogP contribution in [0.4, 0.5) is 0 Å². The number of piperidine rings is 1. The van der Waals surface area contributed by atoms with Gasteiger partial charge in [-0.3, -0.25) is 14.6 Å². The SMILES string of the molecule is COC1(C)CCN(C2=C(C#N)C(=O)N=C3C=NC(C(=O)NC4CN(C)C4)C=C32)CC1. The van der Waals surface area contributed by atoms with E-state index in [1.807, 2.05) is 18.0 Å². The number of allylic oxidation sites excluding steroid dienone is 1. The molecular formula is C21H26N6O3. The van der Waals surface area contributed by atoms with Gasteiger partial charge in [0, 0.05) is 45.1 Å². The molecule has 0 aromatic rings. The average molecular weight is 410 g/mol. The van der Waals surface area contributed by atoms with Gasteiger partial charge in [-0.2, -0.15) is 5.26 Å². The van der Waals surface area contributed by atoms with Gasteiger partial charge in [0.05, 0.1) is 23.1 Å². The molecule has 4 aliphatic rings. The normalized spacial score (nSPS) is 26.4. The molecule has 158 valence electrons. The number of likely N-dealkylation sites (N-methyl/N-ethyl adjacent to an activating group) is 1. The van der Waals surface area contributed by atoms with Crippen LogP contribution < -0.4 is 5.32 Å². The summed E-state index contributed by atoms with van der Waals surface area (Å²) in [6.07, 6.45) is 4.74. The first-order valence-corrected chi connectivity index (χ1v) is 10.2. The Kier molecular flexibility index (Phi) is 5.30. The molecule has 0 radical (unpaired) electrons. The predicted molar refractivity (Wildman–Crippen MR) is 111 cm³/mol. The van der Waals surface area contributed by atoms with Crippen LogP contribution >= 0.6 is 0 Å². The van der Waals surface area contributed by atoms with E-state index in [2.05, 4.69) is 27.1 Å². The zero-order valence-electron chi connectivity index (χ0n) is 17.5. The first-order chi connectivity index (χ1) is 14.3. The highest BCUT2D eigenvalue weighted by atomic mass is 16.5. The molecule has 1 atom stereocenters. The summed E-state index contributed by atoms with van der Waals surface area (Å²) in [4.78, 5) is 37.6. The molecule has 4 rings (SSSR count). The number of nitrogens with one attached hydrogen (secondary N) is 1. The van der Waals surface area contributed by atoms with Crippen LogP contribution in [0.1, 0.15) is 19.8 Å². The van der Waals surface area contributed by atoms with Crippen LogP contribution in [0.3, 0.4) is 0 Å². The highest BCUT2D eigenvalue weighted by Gasteiger charge is 2.38. The molecular weight excluding hydrogens is 384 g/mol. The van der Waals surface area contributed by atoms with Gasteiger partial charge >= 0.3 is 0 Å². The maximum atomic E-state index is 12.7. The topological polar surface area (TPSA) is 110 Å². The number of dihydropyridines is 2. The fraction of sp³-hybridized carbons (Fsp3) is 0.571. The molecule has 2 amide bonds. The monoisotopic (exact) mass is 410 g/mol. The standard InChI is InChI=1S/C21H26N6O3/c1-21(30-3)4-6-27(7-5-21)18-14-8-16(20(29)24-13-11-26(2)12-13)23-10-17(14)25-19(28)15(18)9-22/h8,10,13,16H,4-7,11-12H2,1-3H3,(H,24,29). The molecule has 2 saturated heterocycles.